The van der Waals surface area contributed by atoms with Crippen LogP contribution in [0.25, 0.3) is 16.7 Å². The lowest BCUT2D eigenvalue weighted by atomic mass is 9.84. The molecule has 2 aliphatic carbocycles. The molecule has 0 aromatic heterocycles. The van der Waals surface area contributed by atoms with Crippen LogP contribution in [0.5, 0.6) is 5.75 Å². The Balaban J connectivity index is 1.40. The molecule has 0 amide bonds. The standard InChI is InChI=1S/C31H40F2O/c1-3-5-7-9-21-34-29-20-19-27(30(32)31(29)33)24-13-11-23(12-14-24)26-18-17-25-22(10-8-6-4-2)15-16-28(25)26/h11-14,18-20,22,25,28H,3-10,15-17,21H2,1-2H3. The third-order valence-corrected chi connectivity index (χ3v) is 7.99. The summed E-state index contributed by atoms with van der Waals surface area (Å²) in [6.07, 6.45) is 15.8. The van der Waals surface area contributed by atoms with Gasteiger partial charge in [-0.1, -0.05) is 89.1 Å². The molecule has 3 heteroatoms. The van der Waals surface area contributed by atoms with Crippen LogP contribution in [0.3, 0.4) is 0 Å². The van der Waals surface area contributed by atoms with E-state index in [1.165, 1.54) is 56.1 Å². The van der Waals surface area contributed by atoms with Gasteiger partial charge in [0.1, 0.15) is 0 Å². The van der Waals surface area contributed by atoms with Crippen LogP contribution in [0.15, 0.2) is 42.5 Å². The Morgan fingerprint density at radius 3 is 2.29 bits per heavy atom. The Kier molecular flexibility index (Phi) is 8.80. The van der Waals surface area contributed by atoms with Gasteiger partial charge in [-0.05, 0) is 72.3 Å². The van der Waals surface area contributed by atoms with Gasteiger partial charge >= 0.3 is 0 Å². The Morgan fingerprint density at radius 1 is 0.794 bits per heavy atom. The Labute approximate surface area is 204 Å². The van der Waals surface area contributed by atoms with Gasteiger partial charge in [-0.2, -0.15) is 4.39 Å². The van der Waals surface area contributed by atoms with Crippen LogP contribution >= 0.6 is 0 Å². The summed E-state index contributed by atoms with van der Waals surface area (Å²) in [5, 5.41) is 0. The molecule has 0 radical (unpaired) electrons. The first-order valence-corrected chi connectivity index (χ1v) is 13.6. The van der Waals surface area contributed by atoms with Gasteiger partial charge in [-0.25, -0.2) is 4.39 Å². The second-order valence-electron chi connectivity index (χ2n) is 10.2. The Hall–Kier alpha value is -2.16. The molecule has 0 spiro atoms. The SMILES string of the molecule is CCCCCCOc1ccc(-c2ccc(C3=CCC4C(CCCCC)CCC34)cc2)c(F)c1F. The molecule has 0 N–H and O–H groups in total. The van der Waals surface area contributed by atoms with E-state index in [0.29, 0.717) is 18.1 Å². The van der Waals surface area contributed by atoms with E-state index in [9.17, 15) is 8.78 Å². The average Bonchev–Trinajstić information content (AvgIpc) is 3.45. The zero-order chi connectivity index (χ0) is 23.9. The number of allylic oxidation sites excluding steroid dienone is 2. The van der Waals surface area contributed by atoms with E-state index in [4.69, 9.17) is 4.74 Å². The van der Waals surface area contributed by atoms with Crippen LogP contribution in [0.1, 0.15) is 90.0 Å². The number of fused-ring (bicyclic) bond motifs is 1. The highest BCUT2D eigenvalue weighted by Gasteiger charge is 2.40. The lowest BCUT2D eigenvalue weighted by molar-refractivity contribution is 0.285. The fourth-order valence-corrected chi connectivity index (χ4v) is 6.07. The largest absolute Gasteiger partial charge is 0.490 e. The van der Waals surface area contributed by atoms with Crippen molar-refractivity contribution in [2.75, 3.05) is 6.61 Å². The fraction of sp³-hybridized carbons (Fsp3) is 0.548. The molecule has 34 heavy (non-hydrogen) atoms. The van der Waals surface area contributed by atoms with Crippen LogP contribution in [-0.2, 0) is 0 Å². The van der Waals surface area contributed by atoms with Crippen molar-refractivity contribution in [2.24, 2.45) is 17.8 Å². The molecule has 1 fully saturated rings. The van der Waals surface area contributed by atoms with Gasteiger partial charge < -0.3 is 4.74 Å². The predicted octanol–water partition coefficient (Wildman–Crippen LogP) is 9.60. The minimum absolute atomic E-state index is 0.00578. The molecule has 3 unspecified atom stereocenters. The highest BCUT2D eigenvalue weighted by atomic mass is 19.2. The predicted molar refractivity (Wildman–Crippen MR) is 138 cm³/mol. The summed E-state index contributed by atoms with van der Waals surface area (Å²) < 4.78 is 35.0. The maximum Gasteiger partial charge on any atom is 0.201 e. The second kappa shape index (κ2) is 12.0. The van der Waals surface area contributed by atoms with E-state index in [-0.39, 0.29) is 11.3 Å². The molecular formula is C31H40F2O. The molecule has 4 rings (SSSR count). The van der Waals surface area contributed by atoms with E-state index in [2.05, 4.69) is 32.1 Å². The maximum absolute atomic E-state index is 14.9. The van der Waals surface area contributed by atoms with Crippen molar-refractivity contribution in [3.05, 3.63) is 59.7 Å². The van der Waals surface area contributed by atoms with Crippen molar-refractivity contribution in [1.82, 2.24) is 0 Å². The first kappa shape index (κ1) is 24.9. The third kappa shape index (κ3) is 5.56. The first-order chi connectivity index (χ1) is 16.6. The highest BCUT2D eigenvalue weighted by Crippen LogP contribution is 2.52. The lowest BCUT2D eigenvalue weighted by Gasteiger charge is -2.20. The fourth-order valence-electron chi connectivity index (χ4n) is 6.07. The normalized spacial score (nSPS) is 21.5. The molecule has 1 nitrogen and oxygen atoms in total. The topological polar surface area (TPSA) is 9.23 Å². The smallest absolute Gasteiger partial charge is 0.201 e. The quantitative estimate of drug-likeness (QED) is 0.283. The molecule has 2 aromatic carbocycles. The zero-order valence-electron chi connectivity index (χ0n) is 20.9. The molecule has 0 heterocycles. The number of hydrogen-bond donors (Lipinski definition) is 0. The molecule has 1 saturated carbocycles. The monoisotopic (exact) mass is 466 g/mol. The van der Waals surface area contributed by atoms with Crippen LogP contribution in [-0.4, -0.2) is 6.61 Å². The minimum atomic E-state index is -0.890. The van der Waals surface area contributed by atoms with Crippen LogP contribution < -0.4 is 4.74 Å². The van der Waals surface area contributed by atoms with Crippen molar-refractivity contribution in [2.45, 2.75) is 84.5 Å². The van der Waals surface area contributed by atoms with E-state index in [1.807, 2.05) is 12.1 Å². The molecule has 2 aromatic rings. The van der Waals surface area contributed by atoms with Crippen molar-refractivity contribution in [1.29, 1.82) is 0 Å². The summed E-state index contributed by atoms with van der Waals surface area (Å²) in [5.74, 6) is 0.622. The first-order valence-electron chi connectivity index (χ1n) is 13.6. The van der Waals surface area contributed by atoms with E-state index in [0.717, 1.165) is 37.5 Å². The zero-order valence-corrected chi connectivity index (χ0v) is 20.9. The molecule has 0 saturated heterocycles. The number of halogens is 2. The van der Waals surface area contributed by atoms with Crippen molar-refractivity contribution >= 4 is 5.57 Å². The summed E-state index contributed by atoms with van der Waals surface area (Å²) in [6.45, 7) is 4.83. The van der Waals surface area contributed by atoms with Gasteiger partial charge in [0.15, 0.2) is 11.6 Å². The summed E-state index contributed by atoms with van der Waals surface area (Å²) in [5.41, 5.74) is 3.69. The van der Waals surface area contributed by atoms with Crippen LogP contribution in [0.2, 0.25) is 0 Å². The van der Waals surface area contributed by atoms with E-state index in [1.54, 1.807) is 12.1 Å². The van der Waals surface area contributed by atoms with E-state index >= 15 is 0 Å². The van der Waals surface area contributed by atoms with E-state index < -0.39 is 11.6 Å². The molecule has 2 aliphatic rings. The van der Waals surface area contributed by atoms with Crippen LogP contribution in [0, 0.1) is 29.4 Å². The number of ether oxygens (including phenoxy) is 1. The molecular weight excluding hydrogens is 426 g/mol. The summed E-state index contributed by atoms with van der Waals surface area (Å²) in [6, 6.07) is 11.2. The third-order valence-electron chi connectivity index (χ3n) is 7.99. The van der Waals surface area contributed by atoms with Crippen molar-refractivity contribution < 1.29 is 13.5 Å². The molecule has 0 bridgehead atoms. The number of hydrogen-bond acceptors (Lipinski definition) is 1. The highest BCUT2D eigenvalue weighted by molar-refractivity contribution is 5.73. The summed E-state index contributed by atoms with van der Waals surface area (Å²) in [4.78, 5) is 0. The molecule has 184 valence electrons. The molecule has 3 atom stereocenters. The van der Waals surface area contributed by atoms with Gasteiger partial charge in [0, 0.05) is 5.56 Å². The van der Waals surface area contributed by atoms with Gasteiger partial charge in [-0.3, -0.25) is 0 Å². The van der Waals surface area contributed by atoms with Gasteiger partial charge in [0.2, 0.25) is 5.82 Å². The Bertz CT molecular complexity index is 962. The van der Waals surface area contributed by atoms with Crippen molar-refractivity contribution in [3.8, 4) is 16.9 Å². The second-order valence-corrected chi connectivity index (χ2v) is 10.2. The number of unbranched alkanes of at least 4 members (excludes halogenated alkanes) is 5. The summed E-state index contributed by atoms with van der Waals surface area (Å²) in [7, 11) is 0. The van der Waals surface area contributed by atoms with Gasteiger partial charge in [0.25, 0.3) is 0 Å². The number of rotatable bonds is 12. The summed E-state index contributed by atoms with van der Waals surface area (Å²) >= 11 is 0. The van der Waals surface area contributed by atoms with Gasteiger partial charge in [-0.15, -0.1) is 0 Å². The number of benzene rings is 2. The maximum atomic E-state index is 14.9. The van der Waals surface area contributed by atoms with Crippen LogP contribution in [0.4, 0.5) is 8.78 Å². The van der Waals surface area contributed by atoms with Crippen molar-refractivity contribution in [3.63, 3.8) is 0 Å². The lowest BCUT2D eigenvalue weighted by Crippen LogP contribution is -2.11. The Morgan fingerprint density at radius 2 is 1.53 bits per heavy atom. The minimum Gasteiger partial charge on any atom is -0.490 e. The van der Waals surface area contributed by atoms with Gasteiger partial charge in [0.05, 0.1) is 6.61 Å². The average molecular weight is 467 g/mol. The molecule has 0 aliphatic heterocycles.